The molecule has 7 heteroatoms. The van der Waals surface area contributed by atoms with Crippen molar-refractivity contribution in [2.75, 3.05) is 19.4 Å². The van der Waals surface area contributed by atoms with Gasteiger partial charge in [0.1, 0.15) is 11.5 Å². The van der Waals surface area contributed by atoms with Gasteiger partial charge in [0, 0.05) is 24.7 Å². The van der Waals surface area contributed by atoms with Crippen LogP contribution in [0.5, 0.6) is 0 Å². The number of nitro benzene ring substituents is 1. The van der Waals surface area contributed by atoms with Gasteiger partial charge in [0.25, 0.3) is 5.69 Å². The van der Waals surface area contributed by atoms with Gasteiger partial charge in [-0.2, -0.15) is 5.26 Å². The average molecular weight is 328 g/mol. The lowest BCUT2D eigenvalue weighted by molar-refractivity contribution is -0.384. The molecule has 0 aliphatic heterocycles. The van der Waals surface area contributed by atoms with Gasteiger partial charge in [0.2, 0.25) is 0 Å². The third-order valence-electron chi connectivity index (χ3n) is 3.41. The standard InChI is InChI=1S/C17H17FN4O2/c1-21(2)11-14-5-3-13(7-15(14)18)10-20-16-6-4-12(9-19)8-17(16)22(23)24/h3-8,20H,10-11H2,1-2H3. The second-order valence-electron chi connectivity index (χ2n) is 5.62. The fourth-order valence-electron chi connectivity index (χ4n) is 2.27. The lowest BCUT2D eigenvalue weighted by Crippen LogP contribution is -2.12. The Morgan fingerprint density at radius 1 is 1.29 bits per heavy atom. The van der Waals surface area contributed by atoms with Gasteiger partial charge in [-0.25, -0.2) is 4.39 Å². The SMILES string of the molecule is CN(C)Cc1ccc(CNc2ccc(C#N)cc2[N+](=O)[O-])cc1F. The normalized spacial score (nSPS) is 10.5. The van der Waals surface area contributed by atoms with E-state index in [0.717, 1.165) is 0 Å². The molecule has 0 amide bonds. The molecule has 0 fully saturated rings. The zero-order chi connectivity index (χ0) is 17.7. The van der Waals surface area contributed by atoms with Crippen LogP contribution in [-0.2, 0) is 13.1 Å². The van der Waals surface area contributed by atoms with Gasteiger partial charge in [0.15, 0.2) is 0 Å². The number of hydrogen-bond acceptors (Lipinski definition) is 5. The summed E-state index contributed by atoms with van der Waals surface area (Å²) in [6.07, 6.45) is 0. The highest BCUT2D eigenvalue weighted by atomic mass is 19.1. The molecule has 2 rings (SSSR count). The van der Waals surface area contributed by atoms with E-state index in [1.165, 1.54) is 24.3 Å². The summed E-state index contributed by atoms with van der Waals surface area (Å²) in [5, 5.41) is 22.8. The van der Waals surface area contributed by atoms with Crippen LogP contribution in [-0.4, -0.2) is 23.9 Å². The van der Waals surface area contributed by atoms with Gasteiger partial charge in [0.05, 0.1) is 16.6 Å². The van der Waals surface area contributed by atoms with Crippen molar-refractivity contribution in [3.63, 3.8) is 0 Å². The minimum atomic E-state index is -0.552. The fourth-order valence-corrected chi connectivity index (χ4v) is 2.27. The Labute approximate surface area is 139 Å². The molecular weight excluding hydrogens is 311 g/mol. The Morgan fingerprint density at radius 3 is 2.62 bits per heavy atom. The number of nitrogens with zero attached hydrogens (tertiary/aromatic N) is 3. The summed E-state index contributed by atoms with van der Waals surface area (Å²) in [5.74, 6) is -0.308. The molecule has 0 spiro atoms. The fraction of sp³-hybridized carbons (Fsp3) is 0.235. The van der Waals surface area contributed by atoms with Gasteiger partial charge >= 0.3 is 0 Å². The highest BCUT2D eigenvalue weighted by molar-refractivity contribution is 5.64. The summed E-state index contributed by atoms with van der Waals surface area (Å²) >= 11 is 0. The summed E-state index contributed by atoms with van der Waals surface area (Å²) < 4.78 is 14.0. The molecule has 0 atom stereocenters. The third-order valence-corrected chi connectivity index (χ3v) is 3.41. The van der Waals surface area contributed by atoms with Crippen LogP contribution in [0.3, 0.4) is 0 Å². The number of nitriles is 1. The third kappa shape index (κ3) is 4.27. The van der Waals surface area contributed by atoms with Crippen LogP contribution in [0.25, 0.3) is 0 Å². The molecular formula is C17H17FN4O2. The lowest BCUT2D eigenvalue weighted by Gasteiger charge is -2.12. The number of hydrogen-bond donors (Lipinski definition) is 1. The second kappa shape index (κ2) is 7.53. The van der Waals surface area contributed by atoms with E-state index in [-0.39, 0.29) is 29.3 Å². The zero-order valence-corrected chi connectivity index (χ0v) is 13.4. The smallest absolute Gasteiger partial charge is 0.293 e. The maximum Gasteiger partial charge on any atom is 0.293 e. The maximum atomic E-state index is 14.0. The number of benzene rings is 2. The minimum absolute atomic E-state index is 0.182. The molecule has 2 aromatic carbocycles. The molecule has 0 radical (unpaired) electrons. The van der Waals surface area contributed by atoms with E-state index in [4.69, 9.17) is 5.26 Å². The Bertz CT molecular complexity index is 800. The van der Waals surface area contributed by atoms with E-state index in [0.29, 0.717) is 17.7 Å². The van der Waals surface area contributed by atoms with Crippen LogP contribution in [0.4, 0.5) is 15.8 Å². The van der Waals surface area contributed by atoms with Crippen molar-refractivity contribution < 1.29 is 9.31 Å². The molecule has 6 nitrogen and oxygen atoms in total. The molecule has 2 aromatic rings. The Kier molecular flexibility index (Phi) is 5.45. The molecule has 0 aromatic heterocycles. The molecule has 0 bridgehead atoms. The summed E-state index contributed by atoms with van der Waals surface area (Å²) in [5.41, 5.74) is 1.59. The van der Waals surface area contributed by atoms with Gasteiger partial charge < -0.3 is 10.2 Å². The average Bonchev–Trinajstić information content (AvgIpc) is 2.54. The molecule has 0 heterocycles. The van der Waals surface area contributed by atoms with E-state index in [1.54, 1.807) is 12.1 Å². The number of rotatable bonds is 6. The van der Waals surface area contributed by atoms with Crippen LogP contribution in [0, 0.1) is 27.3 Å². The molecule has 0 saturated heterocycles. The number of nitro groups is 1. The summed E-state index contributed by atoms with van der Waals surface area (Å²) in [4.78, 5) is 12.4. The highest BCUT2D eigenvalue weighted by Gasteiger charge is 2.14. The summed E-state index contributed by atoms with van der Waals surface area (Å²) in [7, 11) is 3.72. The predicted molar refractivity (Wildman–Crippen MR) is 88.9 cm³/mol. The number of anilines is 1. The number of halogens is 1. The van der Waals surface area contributed by atoms with Crippen molar-refractivity contribution >= 4 is 11.4 Å². The van der Waals surface area contributed by atoms with Crippen LogP contribution in [0.1, 0.15) is 16.7 Å². The first-order valence-corrected chi connectivity index (χ1v) is 7.25. The summed E-state index contributed by atoms with van der Waals surface area (Å²) in [6.45, 7) is 0.743. The second-order valence-corrected chi connectivity index (χ2v) is 5.62. The highest BCUT2D eigenvalue weighted by Crippen LogP contribution is 2.26. The largest absolute Gasteiger partial charge is 0.375 e. The zero-order valence-electron chi connectivity index (χ0n) is 13.4. The van der Waals surface area contributed by atoms with Gasteiger partial charge in [-0.1, -0.05) is 12.1 Å². The maximum absolute atomic E-state index is 14.0. The summed E-state index contributed by atoms with van der Waals surface area (Å²) in [6, 6.07) is 11.0. The van der Waals surface area contributed by atoms with Crippen molar-refractivity contribution in [1.29, 1.82) is 5.26 Å². The van der Waals surface area contributed by atoms with E-state index >= 15 is 0 Å². The first kappa shape index (κ1) is 17.4. The minimum Gasteiger partial charge on any atom is -0.375 e. The van der Waals surface area contributed by atoms with Crippen LogP contribution < -0.4 is 5.32 Å². The molecule has 1 N–H and O–H groups in total. The van der Waals surface area contributed by atoms with Crippen molar-refractivity contribution in [3.8, 4) is 6.07 Å². The van der Waals surface area contributed by atoms with Crippen LogP contribution in [0.2, 0.25) is 0 Å². The molecule has 0 aliphatic carbocycles. The monoisotopic (exact) mass is 328 g/mol. The van der Waals surface area contributed by atoms with E-state index in [9.17, 15) is 14.5 Å². The van der Waals surface area contributed by atoms with E-state index < -0.39 is 4.92 Å². The molecule has 0 aliphatic rings. The van der Waals surface area contributed by atoms with Gasteiger partial charge in [-0.3, -0.25) is 10.1 Å². The number of nitrogens with one attached hydrogen (secondary N) is 1. The molecule has 0 saturated carbocycles. The van der Waals surface area contributed by atoms with Gasteiger partial charge in [-0.15, -0.1) is 0 Å². The molecule has 0 unspecified atom stereocenters. The van der Waals surface area contributed by atoms with Crippen molar-refractivity contribution in [2.45, 2.75) is 13.1 Å². The first-order valence-electron chi connectivity index (χ1n) is 7.25. The van der Waals surface area contributed by atoms with Crippen molar-refractivity contribution in [3.05, 3.63) is 69.0 Å². The van der Waals surface area contributed by atoms with E-state index in [2.05, 4.69) is 5.32 Å². The quantitative estimate of drug-likeness (QED) is 0.650. The Balaban J connectivity index is 2.15. The molecule has 24 heavy (non-hydrogen) atoms. The Morgan fingerprint density at radius 2 is 2.04 bits per heavy atom. The Hall–Kier alpha value is -2.98. The van der Waals surface area contributed by atoms with Crippen molar-refractivity contribution in [1.82, 2.24) is 4.90 Å². The topological polar surface area (TPSA) is 82.2 Å². The van der Waals surface area contributed by atoms with Crippen molar-refractivity contribution in [2.24, 2.45) is 0 Å². The van der Waals surface area contributed by atoms with E-state index in [1.807, 2.05) is 25.1 Å². The van der Waals surface area contributed by atoms with Crippen LogP contribution >= 0.6 is 0 Å². The molecule has 124 valence electrons. The van der Waals surface area contributed by atoms with Gasteiger partial charge in [-0.05, 0) is 37.9 Å². The lowest BCUT2D eigenvalue weighted by atomic mass is 10.1. The predicted octanol–water partition coefficient (Wildman–Crippen LogP) is 3.28. The first-order chi connectivity index (χ1) is 11.4. The van der Waals surface area contributed by atoms with Crippen LogP contribution in [0.15, 0.2) is 36.4 Å².